The van der Waals surface area contributed by atoms with Gasteiger partial charge in [-0.15, -0.1) is 11.3 Å². The maximum atomic E-state index is 12.4. The lowest BCUT2D eigenvalue weighted by Gasteiger charge is -2.25. The highest BCUT2D eigenvalue weighted by Gasteiger charge is 2.20. The molecule has 0 radical (unpaired) electrons. The van der Waals surface area contributed by atoms with Gasteiger partial charge in [-0.1, -0.05) is 12.1 Å². The van der Waals surface area contributed by atoms with Crippen molar-refractivity contribution in [2.45, 2.75) is 19.3 Å². The van der Waals surface area contributed by atoms with Gasteiger partial charge in [-0.2, -0.15) is 0 Å². The normalized spacial score (nSPS) is 15.3. The van der Waals surface area contributed by atoms with E-state index in [1.807, 2.05) is 11.0 Å². The topological polar surface area (TPSA) is 53.4 Å². The molecule has 0 saturated carbocycles. The first kappa shape index (κ1) is 13.1. The number of benzene rings is 1. The molecule has 2 heterocycles. The van der Waals surface area contributed by atoms with Crippen LogP contribution in [0.4, 0.5) is 0 Å². The number of carbonyl (C=O) groups is 1. The monoisotopic (exact) mass is 288 g/mol. The summed E-state index contributed by atoms with van der Waals surface area (Å²) in [7, 11) is 0. The van der Waals surface area contributed by atoms with Gasteiger partial charge >= 0.3 is 0 Å². The molecular weight excluding hydrogens is 272 g/mol. The van der Waals surface area contributed by atoms with Crippen LogP contribution in [0.25, 0.3) is 10.6 Å². The summed E-state index contributed by atoms with van der Waals surface area (Å²) in [5, 5.41) is 10.3. The molecule has 1 aromatic carbocycles. The van der Waals surface area contributed by atoms with Crippen molar-refractivity contribution < 1.29 is 9.90 Å². The summed E-state index contributed by atoms with van der Waals surface area (Å²) >= 11 is 1.38. The quantitative estimate of drug-likeness (QED) is 0.923. The van der Waals surface area contributed by atoms with Crippen molar-refractivity contribution in [3.63, 3.8) is 0 Å². The molecule has 1 aromatic heterocycles. The van der Waals surface area contributed by atoms with Gasteiger partial charge in [0, 0.05) is 18.7 Å². The number of likely N-dealkylation sites (tertiary alicyclic amines) is 1. The predicted molar refractivity (Wildman–Crippen MR) is 79.0 cm³/mol. The molecule has 0 aliphatic carbocycles. The Morgan fingerprint density at radius 3 is 2.80 bits per heavy atom. The predicted octanol–water partition coefficient (Wildman–Crippen LogP) is 3.14. The van der Waals surface area contributed by atoms with Crippen LogP contribution in [0.5, 0.6) is 5.75 Å². The number of phenols is 1. The third-order valence-corrected chi connectivity index (χ3v) is 4.49. The van der Waals surface area contributed by atoms with Crippen molar-refractivity contribution in [3.05, 3.63) is 35.3 Å². The first-order chi connectivity index (χ1) is 9.74. The van der Waals surface area contributed by atoms with Crippen molar-refractivity contribution in [1.82, 2.24) is 9.88 Å². The van der Waals surface area contributed by atoms with Crippen LogP contribution in [0, 0.1) is 0 Å². The zero-order valence-corrected chi connectivity index (χ0v) is 11.9. The number of nitrogens with zero attached hydrogens (tertiary/aromatic N) is 2. The van der Waals surface area contributed by atoms with Crippen LogP contribution in [0.1, 0.15) is 28.9 Å². The second-order valence-electron chi connectivity index (χ2n) is 4.93. The second kappa shape index (κ2) is 5.63. The van der Waals surface area contributed by atoms with E-state index in [-0.39, 0.29) is 11.7 Å². The zero-order valence-electron chi connectivity index (χ0n) is 11.1. The Balaban J connectivity index is 1.81. The fourth-order valence-corrected chi connectivity index (χ4v) is 3.28. The molecule has 0 bridgehead atoms. The highest BCUT2D eigenvalue weighted by Crippen LogP contribution is 2.28. The lowest BCUT2D eigenvalue weighted by Crippen LogP contribution is -2.35. The average molecular weight is 288 g/mol. The van der Waals surface area contributed by atoms with Crippen LogP contribution in [0.3, 0.4) is 0 Å². The third-order valence-electron chi connectivity index (χ3n) is 3.45. The summed E-state index contributed by atoms with van der Waals surface area (Å²) < 4.78 is 0. The summed E-state index contributed by atoms with van der Waals surface area (Å²) in [6, 6.07) is 6.94. The fourth-order valence-electron chi connectivity index (χ4n) is 2.40. The molecule has 2 aromatic rings. The van der Waals surface area contributed by atoms with E-state index in [4.69, 9.17) is 0 Å². The molecule has 1 amide bonds. The first-order valence-corrected chi connectivity index (χ1v) is 7.60. The minimum Gasteiger partial charge on any atom is -0.508 e. The largest absolute Gasteiger partial charge is 0.508 e. The molecule has 4 nitrogen and oxygen atoms in total. The van der Waals surface area contributed by atoms with Crippen LogP contribution >= 0.6 is 11.3 Å². The number of rotatable bonds is 2. The number of aromatic nitrogens is 1. The Labute approximate surface area is 121 Å². The number of amides is 1. The number of hydrogen-bond donors (Lipinski definition) is 1. The van der Waals surface area contributed by atoms with Gasteiger partial charge in [0.25, 0.3) is 5.91 Å². The van der Waals surface area contributed by atoms with E-state index in [9.17, 15) is 9.90 Å². The average Bonchev–Trinajstić information content (AvgIpc) is 2.97. The van der Waals surface area contributed by atoms with Gasteiger partial charge in [-0.25, -0.2) is 4.98 Å². The van der Waals surface area contributed by atoms with Crippen molar-refractivity contribution in [2.24, 2.45) is 0 Å². The summed E-state index contributed by atoms with van der Waals surface area (Å²) in [6.45, 7) is 1.69. The molecule has 5 heteroatoms. The molecule has 1 saturated heterocycles. The Kier molecular flexibility index (Phi) is 3.69. The van der Waals surface area contributed by atoms with E-state index < -0.39 is 0 Å². The SMILES string of the molecule is O=C(c1cnc(-c2cccc(O)c2)s1)N1CCCCC1. The molecule has 0 unspecified atom stereocenters. The summed E-state index contributed by atoms with van der Waals surface area (Å²) in [5.41, 5.74) is 0.840. The van der Waals surface area contributed by atoms with Gasteiger partial charge in [-0.3, -0.25) is 4.79 Å². The van der Waals surface area contributed by atoms with Crippen LogP contribution < -0.4 is 0 Å². The molecule has 1 aliphatic rings. The maximum absolute atomic E-state index is 12.4. The number of hydrogen-bond acceptors (Lipinski definition) is 4. The van der Waals surface area contributed by atoms with Gasteiger partial charge < -0.3 is 10.0 Å². The van der Waals surface area contributed by atoms with Crippen LogP contribution in [-0.2, 0) is 0 Å². The minimum atomic E-state index is 0.0774. The first-order valence-electron chi connectivity index (χ1n) is 6.78. The molecule has 0 atom stereocenters. The van der Waals surface area contributed by atoms with Crippen molar-refractivity contribution >= 4 is 17.2 Å². The highest BCUT2D eigenvalue weighted by molar-refractivity contribution is 7.16. The van der Waals surface area contributed by atoms with Gasteiger partial charge in [0.05, 0.1) is 6.20 Å². The number of thiazole rings is 1. The Hall–Kier alpha value is -1.88. The zero-order chi connectivity index (χ0) is 13.9. The molecule has 104 valence electrons. The van der Waals surface area contributed by atoms with Crippen LogP contribution in [0.2, 0.25) is 0 Å². The minimum absolute atomic E-state index is 0.0774. The van der Waals surface area contributed by atoms with E-state index in [0.717, 1.165) is 36.5 Å². The summed E-state index contributed by atoms with van der Waals surface area (Å²) in [4.78, 5) is 19.2. The van der Waals surface area contributed by atoms with E-state index in [1.165, 1.54) is 17.8 Å². The number of carbonyl (C=O) groups excluding carboxylic acids is 1. The van der Waals surface area contributed by atoms with Gasteiger partial charge in [0.15, 0.2) is 0 Å². The molecule has 0 spiro atoms. The summed E-state index contributed by atoms with van der Waals surface area (Å²) in [5.74, 6) is 0.287. The Morgan fingerprint density at radius 2 is 2.05 bits per heavy atom. The van der Waals surface area contributed by atoms with Crippen molar-refractivity contribution in [3.8, 4) is 16.3 Å². The lowest BCUT2D eigenvalue weighted by atomic mass is 10.1. The van der Waals surface area contributed by atoms with Crippen molar-refractivity contribution in [2.75, 3.05) is 13.1 Å². The maximum Gasteiger partial charge on any atom is 0.265 e. The molecular formula is C15H16N2O2S. The smallest absolute Gasteiger partial charge is 0.265 e. The van der Waals surface area contributed by atoms with E-state index >= 15 is 0 Å². The van der Waals surface area contributed by atoms with Gasteiger partial charge in [0.2, 0.25) is 0 Å². The summed E-state index contributed by atoms with van der Waals surface area (Å²) in [6.07, 6.45) is 5.02. The van der Waals surface area contributed by atoms with Gasteiger partial charge in [-0.05, 0) is 31.4 Å². The van der Waals surface area contributed by atoms with Crippen LogP contribution in [-0.4, -0.2) is 34.0 Å². The third kappa shape index (κ3) is 2.67. The second-order valence-corrected chi connectivity index (χ2v) is 5.96. The Bertz CT molecular complexity index is 618. The van der Waals surface area contributed by atoms with Crippen molar-refractivity contribution in [1.29, 1.82) is 0 Å². The standard InChI is InChI=1S/C15H16N2O2S/c18-12-6-4-5-11(9-12)14-16-10-13(20-14)15(19)17-7-2-1-3-8-17/h4-6,9-10,18H,1-3,7-8H2. The molecule has 1 fully saturated rings. The van der Waals surface area contributed by atoms with E-state index in [2.05, 4.69) is 4.98 Å². The highest BCUT2D eigenvalue weighted by atomic mass is 32.1. The lowest BCUT2D eigenvalue weighted by molar-refractivity contribution is 0.0729. The Morgan fingerprint density at radius 1 is 1.25 bits per heavy atom. The number of piperidine rings is 1. The van der Waals surface area contributed by atoms with E-state index in [1.54, 1.807) is 24.4 Å². The van der Waals surface area contributed by atoms with E-state index in [0.29, 0.717) is 4.88 Å². The molecule has 3 rings (SSSR count). The fraction of sp³-hybridized carbons (Fsp3) is 0.333. The van der Waals surface area contributed by atoms with Crippen LogP contribution in [0.15, 0.2) is 30.5 Å². The van der Waals surface area contributed by atoms with Gasteiger partial charge in [0.1, 0.15) is 15.6 Å². The number of aromatic hydroxyl groups is 1. The molecule has 1 aliphatic heterocycles. The number of phenolic OH excluding ortho intramolecular Hbond substituents is 1. The molecule has 1 N–H and O–H groups in total. The molecule has 20 heavy (non-hydrogen) atoms.